The second-order valence-electron chi connectivity index (χ2n) is 6.10. The largest absolute Gasteiger partial charge is 0.332 e. The van der Waals surface area contributed by atoms with Crippen molar-refractivity contribution < 1.29 is 13.2 Å². The maximum absolute atomic E-state index is 13.0. The fraction of sp³-hybridized carbons (Fsp3) is 0.278. The molecule has 132 valence electrons. The van der Waals surface area contributed by atoms with Crippen molar-refractivity contribution in [1.29, 1.82) is 0 Å². The highest BCUT2D eigenvalue weighted by Gasteiger charge is 2.32. The lowest BCUT2D eigenvalue weighted by Crippen LogP contribution is -2.30. The molecule has 1 atom stereocenters. The van der Waals surface area contributed by atoms with Crippen LogP contribution in [0.5, 0.6) is 0 Å². The van der Waals surface area contributed by atoms with Gasteiger partial charge in [-0.05, 0) is 42.7 Å². The first kappa shape index (κ1) is 18.2. The molecule has 1 fully saturated rings. The zero-order valence-electron chi connectivity index (χ0n) is 13.6. The quantitative estimate of drug-likeness (QED) is 0.772. The number of carbonyl (C=O) groups is 1. The van der Waals surface area contributed by atoms with Gasteiger partial charge in [-0.2, -0.15) is 0 Å². The van der Waals surface area contributed by atoms with Crippen molar-refractivity contribution in [2.75, 3.05) is 12.8 Å². The molecule has 0 bridgehead atoms. The van der Waals surface area contributed by atoms with Crippen molar-refractivity contribution in [2.24, 2.45) is 0 Å². The molecule has 25 heavy (non-hydrogen) atoms. The van der Waals surface area contributed by atoms with Gasteiger partial charge in [0.25, 0.3) is 5.91 Å². The van der Waals surface area contributed by atoms with Crippen LogP contribution in [-0.4, -0.2) is 32.0 Å². The number of nitrogens with zero attached hydrogens (tertiary/aromatic N) is 1. The van der Waals surface area contributed by atoms with Gasteiger partial charge in [-0.1, -0.05) is 41.4 Å². The van der Waals surface area contributed by atoms with Crippen LogP contribution in [0.2, 0.25) is 10.0 Å². The minimum absolute atomic E-state index is 0.0338. The van der Waals surface area contributed by atoms with Crippen molar-refractivity contribution in [3.8, 4) is 0 Å². The number of amides is 1. The highest BCUT2D eigenvalue weighted by molar-refractivity contribution is 7.90. The molecule has 3 rings (SSSR count). The molecule has 0 N–H and O–H groups in total. The van der Waals surface area contributed by atoms with E-state index in [4.69, 9.17) is 23.2 Å². The van der Waals surface area contributed by atoms with Gasteiger partial charge in [0, 0.05) is 23.4 Å². The molecule has 1 aliphatic rings. The first-order chi connectivity index (χ1) is 11.8. The normalized spacial score (nSPS) is 17.7. The van der Waals surface area contributed by atoms with Crippen molar-refractivity contribution in [1.82, 2.24) is 4.90 Å². The summed E-state index contributed by atoms with van der Waals surface area (Å²) in [6.07, 6.45) is 2.76. The molecular weight excluding hydrogens is 381 g/mol. The van der Waals surface area contributed by atoms with Crippen LogP contribution in [0.15, 0.2) is 47.4 Å². The number of likely N-dealkylation sites (tertiary alicyclic amines) is 1. The summed E-state index contributed by atoms with van der Waals surface area (Å²) < 4.78 is 23.7. The second-order valence-corrected chi connectivity index (χ2v) is 8.89. The molecule has 0 spiro atoms. The molecule has 2 aromatic carbocycles. The lowest BCUT2D eigenvalue weighted by atomic mass is 10.0. The van der Waals surface area contributed by atoms with Crippen LogP contribution >= 0.6 is 23.2 Å². The summed E-state index contributed by atoms with van der Waals surface area (Å²) in [5, 5.41) is 0.739. The fourth-order valence-corrected chi connectivity index (χ4v) is 4.73. The third-order valence-electron chi connectivity index (χ3n) is 4.36. The van der Waals surface area contributed by atoms with E-state index in [-0.39, 0.29) is 21.9 Å². The van der Waals surface area contributed by atoms with E-state index in [1.54, 1.807) is 11.0 Å². The van der Waals surface area contributed by atoms with Crippen molar-refractivity contribution in [3.05, 3.63) is 63.6 Å². The van der Waals surface area contributed by atoms with E-state index < -0.39 is 9.84 Å². The Morgan fingerprint density at radius 3 is 2.52 bits per heavy atom. The van der Waals surface area contributed by atoms with Crippen molar-refractivity contribution >= 4 is 38.9 Å². The summed E-state index contributed by atoms with van der Waals surface area (Å²) >= 11 is 12.3. The molecule has 0 aromatic heterocycles. The van der Waals surface area contributed by atoms with Gasteiger partial charge in [-0.25, -0.2) is 8.42 Å². The molecule has 1 aliphatic heterocycles. The van der Waals surface area contributed by atoms with Crippen LogP contribution < -0.4 is 0 Å². The van der Waals surface area contributed by atoms with Gasteiger partial charge >= 0.3 is 0 Å². The summed E-state index contributed by atoms with van der Waals surface area (Å²) in [4.78, 5) is 14.7. The van der Waals surface area contributed by atoms with Crippen LogP contribution in [0.4, 0.5) is 0 Å². The molecule has 1 amide bonds. The monoisotopic (exact) mass is 397 g/mol. The van der Waals surface area contributed by atoms with Crippen LogP contribution in [0.3, 0.4) is 0 Å². The predicted octanol–water partition coefficient (Wildman–Crippen LogP) is 4.37. The van der Waals surface area contributed by atoms with Crippen molar-refractivity contribution in [3.63, 3.8) is 0 Å². The number of hydrogen-bond acceptors (Lipinski definition) is 3. The van der Waals surface area contributed by atoms with E-state index in [0.717, 1.165) is 24.7 Å². The number of carbonyl (C=O) groups excluding carboxylic acids is 1. The van der Waals surface area contributed by atoms with Gasteiger partial charge < -0.3 is 4.90 Å². The number of sulfone groups is 1. The highest BCUT2D eigenvalue weighted by atomic mass is 35.5. The Morgan fingerprint density at radius 1 is 1.12 bits per heavy atom. The van der Waals surface area contributed by atoms with Gasteiger partial charge in [-0.3, -0.25) is 4.79 Å². The molecule has 7 heteroatoms. The van der Waals surface area contributed by atoms with E-state index in [2.05, 4.69) is 0 Å². The van der Waals surface area contributed by atoms with Gasteiger partial charge in [0.05, 0.1) is 16.0 Å². The molecule has 2 aromatic rings. The van der Waals surface area contributed by atoms with E-state index in [9.17, 15) is 13.2 Å². The standard InChI is InChI=1S/C18H17Cl2NO3S/c1-25(23,24)17-11-12(8-9-15(17)20)18(22)21-10-4-7-16(21)13-5-2-3-6-14(13)19/h2-3,5-6,8-9,11,16H,4,7,10H2,1H3. The number of hydrogen-bond donors (Lipinski definition) is 0. The average molecular weight is 398 g/mol. The van der Waals surface area contributed by atoms with E-state index >= 15 is 0 Å². The number of rotatable bonds is 3. The van der Waals surface area contributed by atoms with Gasteiger partial charge in [-0.15, -0.1) is 0 Å². The summed E-state index contributed by atoms with van der Waals surface area (Å²) in [5.41, 5.74) is 1.22. The predicted molar refractivity (Wildman–Crippen MR) is 99.0 cm³/mol. The summed E-state index contributed by atoms with van der Waals surface area (Å²) in [7, 11) is -3.51. The Hall–Kier alpha value is -1.56. The zero-order valence-corrected chi connectivity index (χ0v) is 15.9. The Kier molecular flexibility index (Phi) is 5.09. The molecule has 0 aliphatic carbocycles. The van der Waals surface area contributed by atoms with E-state index in [1.807, 2.05) is 24.3 Å². The number of halogens is 2. The molecule has 1 heterocycles. The molecule has 4 nitrogen and oxygen atoms in total. The topological polar surface area (TPSA) is 54.5 Å². The minimum Gasteiger partial charge on any atom is -0.332 e. The Bertz CT molecular complexity index is 928. The minimum atomic E-state index is -3.51. The van der Waals surface area contributed by atoms with Crippen LogP contribution in [0.25, 0.3) is 0 Å². The van der Waals surface area contributed by atoms with Gasteiger partial charge in [0.2, 0.25) is 0 Å². The molecule has 0 saturated carbocycles. The lowest BCUT2D eigenvalue weighted by molar-refractivity contribution is 0.0735. The summed E-state index contributed by atoms with van der Waals surface area (Å²) in [6, 6.07) is 11.7. The van der Waals surface area contributed by atoms with Crippen LogP contribution in [0.1, 0.15) is 34.8 Å². The maximum atomic E-state index is 13.0. The summed E-state index contributed by atoms with van der Waals surface area (Å²) in [5.74, 6) is -0.219. The second kappa shape index (κ2) is 6.98. The maximum Gasteiger partial charge on any atom is 0.254 e. The lowest BCUT2D eigenvalue weighted by Gasteiger charge is -2.26. The number of benzene rings is 2. The van der Waals surface area contributed by atoms with Gasteiger partial charge in [0.1, 0.15) is 0 Å². The van der Waals surface area contributed by atoms with E-state index in [0.29, 0.717) is 17.1 Å². The smallest absolute Gasteiger partial charge is 0.254 e. The SMILES string of the molecule is CS(=O)(=O)c1cc(C(=O)N2CCCC2c2ccccc2Cl)ccc1Cl. The summed E-state index contributed by atoms with van der Waals surface area (Å²) in [6.45, 7) is 0.603. The Morgan fingerprint density at radius 2 is 1.84 bits per heavy atom. The molecule has 1 saturated heterocycles. The Labute approximate surface area is 157 Å². The average Bonchev–Trinajstić information content (AvgIpc) is 3.03. The zero-order chi connectivity index (χ0) is 18.2. The van der Waals surface area contributed by atoms with Crippen LogP contribution in [-0.2, 0) is 9.84 Å². The molecule has 0 radical (unpaired) electrons. The van der Waals surface area contributed by atoms with Crippen molar-refractivity contribution in [2.45, 2.75) is 23.8 Å². The Balaban J connectivity index is 1.97. The third-order valence-corrected chi connectivity index (χ3v) is 6.28. The molecular formula is C18H17Cl2NO3S. The highest BCUT2D eigenvalue weighted by Crippen LogP contribution is 2.37. The fourth-order valence-electron chi connectivity index (χ4n) is 3.16. The van der Waals surface area contributed by atoms with Gasteiger partial charge in [0.15, 0.2) is 9.84 Å². The van der Waals surface area contributed by atoms with E-state index in [1.165, 1.54) is 12.1 Å². The first-order valence-electron chi connectivity index (χ1n) is 7.84. The first-order valence-corrected chi connectivity index (χ1v) is 10.5. The molecule has 1 unspecified atom stereocenters. The van der Waals surface area contributed by atoms with Crippen LogP contribution in [0, 0.1) is 0 Å². The third kappa shape index (κ3) is 3.68.